The van der Waals surface area contributed by atoms with Crippen LogP contribution in [0.15, 0.2) is 30.3 Å². The van der Waals surface area contributed by atoms with Gasteiger partial charge in [0.05, 0.1) is 0 Å². The molecule has 4 nitrogen and oxygen atoms in total. The fraction of sp³-hybridized carbons (Fsp3) is 0.562. The number of fused-ring (bicyclic) bond motifs is 1. The van der Waals surface area contributed by atoms with Crippen molar-refractivity contribution < 1.29 is 9.53 Å². The van der Waals surface area contributed by atoms with Crippen molar-refractivity contribution in [1.82, 2.24) is 10.2 Å². The molecule has 2 fully saturated rings. The largest absolute Gasteiger partial charge is 0.364 e. The van der Waals surface area contributed by atoms with E-state index in [1.165, 1.54) is 0 Å². The van der Waals surface area contributed by atoms with Crippen molar-refractivity contribution >= 4 is 18.3 Å². The number of rotatable bonds is 4. The summed E-state index contributed by atoms with van der Waals surface area (Å²) in [5.74, 6) is 1.36. The van der Waals surface area contributed by atoms with E-state index >= 15 is 0 Å². The molecule has 5 heteroatoms. The Morgan fingerprint density at radius 2 is 1.90 bits per heavy atom. The SMILES string of the molecule is CCOC(C(=O)N1C[C@H]2CNC[C@H]2C1)c1ccccc1.Cl. The molecule has 0 bridgehead atoms. The molecule has 1 aromatic carbocycles. The number of nitrogens with one attached hydrogen (secondary N) is 1. The van der Waals surface area contributed by atoms with Gasteiger partial charge >= 0.3 is 0 Å². The second-order valence-corrected chi connectivity index (χ2v) is 5.67. The summed E-state index contributed by atoms with van der Waals surface area (Å²) in [6, 6.07) is 9.81. The maximum absolute atomic E-state index is 12.7. The summed E-state index contributed by atoms with van der Waals surface area (Å²) in [7, 11) is 0. The Labute approximate surface area is 132 Å². The zero-order chi connectivity index (χ0) is 13.9. The van der Waals surface area contributed by atoms with Crippen LogP contribution in [0.3, 0.4) is 0 Å². The van der Waals surface area contributed by atoms with Crippen molar-refractivity contribution in [3.05, 3.63) is 35.9 Å². The molecule has 0 aromatic heterocycles. The Balaban J connectivity index is 0.00000161. The number of amides is 1. The van der Waals surface area contributed by atoms with Gasteiger partial charge in [-0.2, -0.15) is 0 Å². The maximum Gasteiger partial charge on any atom is 0.256 e. The Morgan fingerprint density at radius 3 is 2.48 bits per heavy atom. The van der Waals surface area contributed by atoms with Crippen LogP contribution in [-0.4, -0.2) is 43.6 Å². The lowest BCUT2D eigenvalue weighted by Gasteiger charge is -2.24. The van der Waals surface area contributed by atoms with E-state index in [1.807, 2.05) is 42.2 Å². The average Bonchev–Trinajstić information content (AvgIpc) is 3.06. The van der Waals surface area contributed by atoms with Crippen molar-refractivity contribution in [3.63, 3.8) is 0 Å². The Morgan fingerprint density at radius 1 is 1.29 bits per heavy atom. The van der Waals surface area contributed by atoms with Gasteiger partial charge < -0.3 is 15.0 Å². The number of benzene rings is 1. The van der Waals surface area contributed by atoms with E-state index in [0.717, 1.165) is 31.7 Å². The number of nitrogens with zero attached hydrogens (tertiary/aromatic N) is 1. The molecule has 21 heavy (non-hydrogen) atoms. The molecule has 116 valence electrons. The smallest absolute Gasteiger partial charge is 0.256 e. The topological polar surface area (TPSA) is 41.6 Å². The van der Waals surface area contributed by atoms with E-state index in [2.05, 4.69) is 5.32 Å². The van der Waals surface area contributed by atoms with Crippen molar-refractivity contribution in [3.8, 4) is 0 Å². The van der Waals surface area contributed by atoms with Crippen LogP contribution in [-0.2, 0) is 9.53 Å². The highest BCUT2D eigenvalue weighted by Crippen LogP contribution is 2.29. The summed E-state index contributed by atoms with van der Waals surface area (Å²) in [5, 5.41) is 3.40. The van der Waals surface area contributed by atoms with Crippen LogP contribution in [0.4, 0.5) is 0 Å². The quantitative estimate of drug-likeness (QED) is 0.923. The number of carbonyl (C=O) groups is 1. The number of hydrogen-bond acceptors (Lipinski definition) is 3. The summed E-state index contributed by atoms with van der Waals surface area (Å²) in [4.78, 5) is 14.7. The summed E-state index contributed by atoms with van der Waals surface area (Å²) < 4.78 is 5.72. The van der Waals surface area contributed by atoms with Crippen LogP contribution in [0.2, 0.25) is 0 Å². The Bertz CT molecular complexity index is 457. The second kappa shape index (κ2) is 7.25. The van der Waals surface area contributed by atoms with Crippen LogP contribution in [0.25, 0.3) is 0 Å². The highest BCUT2D eigenvalue weighted by molar-refractivity contribution is 5.85. The minimum Gasteiger partial charge on any atom is -0.364 e. The molecular weight excluding hydrogens is 288 g/mol. The lowest BCUT2D eigenvalue weighted by Crippen LogP contribution is -2.36. The third-order valence-corrected chi connectivity index (χ3v) is 4.36. The van der Waals surface area contributed by atoms with Gasteiger partial charge in [-0.25, -0.2) is 0 Å². The van der Waals surface area contributed by atoms with E-state index in [9.17, 15) is 4.79 Å². The average molecular weight is 311 g/mol. The van der Waals surface area contributed by atoms with E-state index in [4.69, 9.17) is 4.74 Å². The molecule has 3 atom stereocenters. The van der Waals surface area contributed by atoms with Gasteiger partial charge in [-0.3, -0.25) is 4.79 Å². The molecule has 2 aliphatic rings. The van der Waals surface area contributed by atoms with Crippen LogP contribution >= 0.6 is 12.4 Å². The first-order valence-corrected chi connectivity index (χ1v) is 7.45. The molecular formula is C16H23ClN2O2. The zero-order valence-corrected chi connectivity index (χ0v) is 13.1. The number of hydrogen-bond donors (Lipinski definition) is 1. The van der Waals surface area contributed by atoms with Gasteiger partial charge in [-0.05, 0) is 24.3 Å². The predicted molar refractivity (Wildman–Crippen MR) is 84.5 cm³/mol. The summed E-state index contributed by atoms with van der Waals surface area (Å²) in [5.41, 5.74) is 0.953. The molecule has 3 rings (SSSR count). The lowest BCUT2D eigenvalue weighted by atomic mass is 10.0. The number of likely N-dealkylation sites (tertiary alicyclic amines) is 1. The van der Waals surface area contributed by atoms with Gasteiger partial charge in [-0.15, -0.1) is 12.4 Å². The van der Waals surface area contributed by atoms with E-state index in [0.29, 0.717) is 18.4 Å². The number of ether oxygens (including phenoxy) is 1. The molecule has 0 saturated carbocycles. The second-order valence-electron chi connectivity index (χ2n) is 5.67. The first-order valence-electron chi connectivity index (χ1n) is 7.45. The minimum absolute atomic E-state index is 0. The Hall–Kier alpha value is -1.10. The fourth-order valence-electron chi connectivity index (χ4n) is 3.31. The van der Waals surface area contributed by atoms with Crippen molar-refractivity contribution in [2.75, 3.05) is 32.8 Å². The molecule has 0 spiro atoms. The highest BCUT2D eigenvalue weighted by Gasteiger charge is 2.40. The van der Waals surface area contributed by atoms with Crippen molar-refractivity contribution in [1.29, 1.82) is 0 Å². The molecule has 1 N–H and O–H groups in total. The van der Waals surface area contributed by atoms with Gasteiger partial charge in [0.15, 0.2) is 6.10 Å². The fourth-order valence-corrected chi connectivity index (χ4v) is 3.31. The van der Waals surface area contributed by atoms with Crippen LogP contribution in [0.5, 0.6) is 0 Å². The van der Waals surface area contributed by atoms with Crippen molar-refractivity contribution in [2.45, 2.75) is 13.0 Å². The molecule has 1 aromatic rings. The summed E-state index contributed by atoms with van der Waals surface area (Å²) in [6.07, 6.45) is -0.451. The third-order valence-electron chi connectivity index (χ3n) is 4.36. The molecule has 0 aliphatic carbocycles. The van der Waals surface area contributed by atoms with Crippen molar-refractivity contribution in [2.24, 2.45) is 11.8 Å². The normalized spacial score (nSPS) is 25.3. The Kier molecular flexibility index (Phi) is 5.62. The van der Waals surface area contributed by atoms with Gasteiger partial charge in [0.1, 0.15) is 0 Å². The van der Waals surface area contributed by atoms with E-state index in [1.54, 1.807) is 0 Å². The molecule has 2 heterocycles. The molecule has 1 amide bonds. The molecule has 2 aliphatic heterocycles. The van der Waals surface area contributed by atoms with Crippen LogP contribution in [0.1, 0.15) is 18.6 Å². The first kappa shape index (κ1) is 16.3. The van der Waals surface area contributed by atoms with Gasteiger partial charge in [-0.1, -0.05) is 30.3 Å². The van der Waals surface area contributed by atoms with Crippen LogP contribution in [0, 0.1) is 11.8 Å². The standard InChI is InChI=1S/C16H22N2O2.ClH/c1-2-20-15(12-6-4-3-5-7-12)16(19)18-10-13-8-17-9-14(13)11-18;/h3-7,13-15,17H,2,8-11H2,1H3;1H/t13-,14+,15?;. The minimum atomic E-state index is -0.451. The van der Waals surface area contributed by atoms with E-state index in [-0.39, 0.29) is 18.3 Å². The maximum atomic E-state index is 12.7. The van der Waals surface area contributed by atoms with E-state index < -0.39 is 6.10 Å². The number of halogens is 1. The monoisotopic (exact) mass is 310 g/mol. The van der Waals surface area contributed by atoms with Gasteiger partial charge in [0, 0.05) is 32.8 Å². The summed E-state index contributed by atoms with van der Waals surface area (Å²) >= 11 is 0. The zero-order valence-electron chi connectivity index (χ0n) is 12.3. The molecule has 0 radical (unpaired) electrons. The van der Waals surface area contributed by atoms with Gasteiger partial charge in [0.2, 0.25) is 0 Å². The summed E-state index contributed by atoms with van der Waals surface area (Å²) in [6.45, 7) is 6.30. The van der Waals surface area contributed by atoms with Crippen LogP contribution < -0.4 is 5.32 Å². The highest BCUT2D eigenvalue weighted by atomic mass is 35.5. The molecule has 2 saturated heterocycles. The predicted octanol–water partition coefficient (Wildman–Crippen LogP) is 1.86. The third kappa shape index (κ3) is 3.39. The molecule has 1 unspecified atom stereocenters. The van der Waals surface area contributed by atoms with Gasteiger partial charge in [0.25, 0.3) is 5.91 Å². The lowest BCUT2D eigenvalue weighted by molar-refractivity contribution is -0.143. The number of carbonyl (C=O) groups excluding carboxylic acids is 1. The first-order chi connectivity index (χ1) is 9.79.